The van der Waals surface area contributed by atoms with Gasteiger partial charge in [0.05, 0.1) is 6.42 Å². The third-order valence-electron chi connectivity index (χ3n) is 3.01. The molecule has 2 heterocycles. The van der Waals surface area contributed by atoms with Gasteiger partial charge in [-0.1, -0.05) is 42.1 Å². The van der Waals surface area contributed by atoms with Crippen molar-refractivity contribution in [2.45, 2.75) is 18.1 Å². The molecule has 0 spiro atoms. The number of benzene rings is 1. The summed E-state index contributed by atoms with van der Waals surface area (Å²) in [6.07, 6.45) is 5.26. The van der Waals surface area contributed by atoms with Gasteiger partial charge in [-0.05, 0) is 29.7 Å². The molecule has 0 saturated heterocycles. The fourth-order valence-corrected chi connectivity index (χ4v) is 2.71. The van der Waals surface area contributed by atoms with E-state index in [0.717, 1.165) is 12.2 Å². The van der Waals surface area contributed by atoms with E-state index in [9.17, 15) is 0 Å². The van der Waals surface area contributed by atoms with Crippen LogP contribution in [0.4, 0.5) is 0 Å². The van der Waals surface area contributed by atoms with Gasteiger partial charge in [-0.3, -0.25) is 4.98 Å². The van der Waals surface area contributed by atoms with Crippen LogP contribution in [-0.2, 0) is 12.8 Å². The lowest BCUT2D eigenvalue weighted by atomic mass is 10.2. The molecule has 0 radical (unpaired) electrons. The SMILES string of the molecule is c1ccc(Cc2nnc(SCCc3ccncc3)o2)cc1. The Hall–Kier alpha value is -2.14. The third-order valence-corrected chi connectivity index (χ3v) is 3.83. The quantitative estimate of drug-likeness (QED) is 0.653. The average molecular weight is 297 g/mol. The molecule has 0 aliphatic carbocycles. The van der Waals surface area contributed by atoms with E-state index in [1.54, 1.807) is 11.8 Å². The first-order chi connectivity index (χ1) is 10.4. The van der Waals surface area contributed by atoms with E-state index in [1.807, 2.05) is 42.7 Å². The summed E-state index contributed by atoms with van der Waals surface area (Å²) >= 11 is 1.59. The van der Waals surface area contributed by atoms with Gasteiger partial charge in [0.2, 0.25) is 5.89 Å². The Morgan fingerprint density at radius 3 is 2.52 bits per heavy atom. The molecule has 4 nitrogen and oxygen atoms in total. The van der Waals surface area contributed by atoms with Crippen LogP contribution < -0.4 is 0 Å². The summed E-state index contributed by atoms with van der Waals surface area (Å²) in [7, 11) is 0. The molecule has 0 N–H and O–H groups in total. The number of nitrogens with zero attached hydrogens (tertiary/aromatic N) is 3. The summed E-state index contributed by atoms with van der Waals surface area (Å²) in [5.74, 6) is 1.57. The third kappa shape index (κ3) is 4.16. The Labute approximate surface area is 127 Å². The van der Waals surface area contributed by atoms with Crippen molar-refractivity contribution in [1.82, 2.24) is 15.2 Å². The summed E-state index contributed by atoms with van der Waals surface area (Å²) in [4.78, 5) is 4.01. The van der Waals surface area contributed by atoms with Crippen LogP contribution >= 0.6 is 11.8 Å². The van der Waals surface area contributed by atoms with Crippen molar-refractivity contribution in [3.8, 4) is 0 Å². The van der Waals surface area contributed by atoms with Gasteiger partial charge >= 0.3 is 0 Å². The van der Waals surface area contributed by atoms with E-state index >= 15 is 0 Å². The summed E-state index contributed by atoms with van der Waals surface area (Å²) < 4.78 is 5.65. The molecule has 21 heavy (non-hydrogen) atoms. The van der Waals surface area contributed by atoms with Gasteiger partial charge in [0, 0.05) is 18.1 Å². The zero-order chi connectivity index (χ0) is 14.3. The van der Waals surface area contributed by atoms with Crippen molar-refractivity contribution in [1.29, 1.82) is 0 Å². The summed E-state index contributed by atoms with van der Waals surface area (Å²) in [5.41, 5.74) is 2.44. The molecule has 3 rings (SSSR count). The van der Waals surface area contributed by atoms with Gasteiger partial charge in [-0.2, -0.15) is 0 Å². The van der Waals surface area contributed by atoms with E-state index in [0.29, 0.717) is 17.5 Å². The molecule has 1 aromatic carbocycles. The highest BCUT2D eigenvalue weighted by Gasteiger charge is 2.07. The van der Waals surface area contributed by atoms with Crippen molar-refractivity contribution in [3.05, 3.63) is 71.9 Å². The second-order valence-corrected chi connectivity index (χ2v) is 5.62. The molecule has 0 amide bonds. The molecule has 106 valence electrons. The topological polar surface area (TPSA) is 51.8 Å². The minimum absolute atomic E-state index is 0.634. The van der Waals surface area contributed by atoms with Crippen LogP contribution in [0.25, 0.3) is 0 Å². The molecule has 0 saturated carbocycles. The standard InChI is InChI=1S/C16H15N3OS/c1-2-4-14(5-3-1)12-15-18-19-16(20-15)21-11-8-13-6-9-17-10-7-13/h1-7,9-10H,8,11-12H2. The molecule has 0 atom stereocenters. The Kier molecular flexibility index (Phi) is 4.63. The molecule has 0 aliphatic rings. The fraction of sp³-hybridized carbons (Fsp3) is 0.188. The number of aromatic nitrogens is 3. The zero-order valence-electron chi connectivity index (χ0n) is 11.5. The van der Waals surface area contributed by atoms with Crippen LogP contribution in [0.1, 0.15) is 17.0 Å². The zero-order valence-corrected chi connectivity index (χ0v) is 12.3. The normalized spacial score (nSPS) is 10.7. The second kappa shape index (κ2) is 7.04. The van der Waals surface area contributed by atoms with Gasteiger partial charge < -0.3 is 4.42 Å². The van der Waals surface area contributed by atoms with Crippen LogP contribution in [0.5, 0.6) is 0 Å². The van der Waals surface area contributed by atoms with E-state index in [4.69, 9.17) is 4.42 Å². The molecule has 0 bridgehead atoms. The number of hydrogen-bond acceptors (Lipinski definition) is 5. The lowest BCUT2D eigenvalue weighted by Crippen LogP contribution is -1.88. The van der Waals surface area contributed by atoms with Crippen LogP contribution in [-0.4, -0.2) is 20.9 Å². The molecular formula is C16H15N3OS. The maximum Gasteiger partial charge on any atom is 0.276 e. The van der Waals surface area contributed by atoms with Gasteiger partial charge in [0.15, 0.2) is 0 Å². The van der Waals surface area contributed by atoms with E-state index in [2.05, 4.69) is 27.3 Å². The monoisotopic (exact) mass is 297 g/mol. The Morgan fingerprint density at radius 1 is 0.905 bits per heavy atom. The van der Waals surface area contributed by atoms with Gasteiger partial charge in [0.1, 0.15) is 0 Å². The molecule has 0 unspecified atom stereocenters. The Morgan fingerprint density at radius 2 is 1.71 bits per heavy atom. The van der Waals surface area contributed by atoms with Gasteiger partial charge in [0.25, 0.3) is 5.22 Å². The van der Waals surface area contributed by atoms with E-state index in [-0.39, 0.29) is 0 Å². The second-order valence-electron chi connectivity index (χ2n) is 4.58. The first-order valence-corrected chi connectivity index (χ1v) is 7.77. The smallest absolute Gasteiger partial charge is 0.276 e. The summed E-state index contributed by atoms with van der Waals surface area (Å²) in [6, 6.07) is 14.2. The first-order valence-electron chi connectivity index (χ1n) is 6.78. The highest BCUT2D eigenvalue weighted by molar-refractivity contribution is 7.99. The molecule has 0 fully saturated rings. The first kappa shape index (κ1) is 13.8. The number of hydrogen-bond donors (Lipinski definition) is 0. The molecular weight excluding hydrogens is 282 g/mol. The van der Waals surface area contributed by atoms with Crippen LogP contribution in [0.2, 0.25) is 0 Å². The number of thioether (sulfide) groups is 1. The van der Waals surface area contributed by atoms with E-state index < -0.39 is 0 Å². The minimum atomic E-state index is 0.634. The van der Waals surface area contributed by atoms with Gasteiger partial charge in [-0.25, -0.2) is 0 Å². The summed E-state index contributed by atoms with van der Waals surface area (Å²) in [5, 5.41) is 8.80. The molecule has 3 aromatic rings. The molecule has 5 heteroatoms. The lowest BCUT2D eigenvalue weighted by molar-refractivity contribution is 0.420. The van der Waals surface area contributed by atoms with E-state index in [1.165, 1.54) is 11.1 Å². The number of rotatable bonds is 6. The summed E-state index contributed by atoms with van der Waals surface area (Å²) in [6.45, 7) is 0. The van der Waals surface area contributed by atoms with Crippen molar-refractivity contribution < 1.29 is 4.42 Å². The molecule has 0 aliphatic heterocycles. The Balaban J connectivity index is 1.51. The predicted molar refractivity (Wildman–Crippen MR) is 82.2 cm³/mol. The van der Waals surface area contributed by atoms with Crippen molar-refractivity contribution >= 4 is 11.8 Å². The largest absolute Gasteiger partial charge is 0.416 e. The number of pyridine rings is 1. The van der Waals surface area contributed by atoms with Gasteiger partial charge in [-0.15, -0.1) is 10.2 Å². The average Bonchev–Trinajstić information content (AvgIpc) is 2.97. The maximum absolute atomic E-state index is 5.65. The minimum Gasteiger partial charge on any atom is -0.416 e. The van der Waals surface area contributed by atoms with Crippen molar-refractivity contribution in [2.75, 3.05) is 5.75 Å². The highest BCUT2D eigenvalue weighted by atomic mass is 32.2. The van der Waals surface area contributed by atoms with Crippen LogP contribution in [0.15, 0.2) is 64.5 Å². The fourth-order valence-electron chi connectivity index (χ4n) is 1.94. The molecule has 2 aromatic heterocycles. The number of aryl methyl sites for hydroxylation is 1. The highest BCUT2D eigenvalue weighted by Crippen LogP contribution is 2.18. The van der Waals surface area contributed by atoms with Crippen LogP contribution in [0, 0.1) is 0 Å². The maximum atomic E-state index is 5.65. The van der Waals surface area contributed by atoms with Crippen molar-refractivity contribution in [3.63, 3.8) is 0 Å². The lowest BCUT2D eigenvalue weighted by Gasteiger charge is -1.98. The Bertz CT molecular complexity index is 670. The van der Waals surface area contributed by atoms with Crippen LogP contribution in [0.3, 0.4) is 0 Å². The predicted octanol–water partition coefficient (Wildman–Crippen LogP) is 3.39. The van der Waals surface area contributed by atoms with Crippen molar-refractivity contribution in [2.24, 2.45) is 0 Å².